The molecule has 2 N–H and O–H groups in total. The van der Waals surface area contributed by atoms with Gasteiger partial charge in [0.15, 0.2) is 0 Å². The first kappa shape index (κ1) is 11.8. The van der Waals surface area contributed by atoms with Gasteiger partial charge in [0.2, 0.25) is 5.91 Å². The zero-order valence-electron chi connectivity index (χ0n) is 8.64. The van der Waals surface area contributed by atoms with E-state index in [0.717, 1.165) is 12.2 Å². The summed E-state index contributed by atoms with van der Waals surface area (Å²) >= 11 is 0. The average molecular weight is 221 g/mol. The second-order valence-electron chi connectivity index (χ2n) is 2.89. The predicted octanol–water partition coefficient (Wildman–Crippen LogP) is 1.27. The molecule has 5 heteroatoms. The minimum Gasteiger partial charge on any atom is -0.497 e. The van der Waals surface area contributed by atoms with E-state index in [9.17, 15) is 9.59 Å². The number of ether oxygens (including phenoxy) is 1. The van der Waals surface area contributed by atoms with E-state index in [-0.39, 0.29) is 0 Å². The van der Waals surface area contributed by atoms with Gasteiger partial charge in [-0.15, -0.1) is 0 Å². The standard InChI is InChI=1S/C11H11NO4/c1-16-9-4-2-3-8(7-9)12-10(13)5-6-11(14)15/h2-7H,1H3,(H,12,13)(H,14,15)/b6-5+. The lowest BCUT2D eigenvalue weighted by Crippen LogP contribution is -2.08. The Morgan fingerprint density at radius 1 is 1.38 bits per heavy atom. The quantitative estimate of drug-likeness (QED) is 0.751. The van der Waals surface area contributed by atoms with E-state index in [1.54, 1.807) is 24.3 Å². The van der Waals surface area contributed by atoms with E-state index < -0.39 is 11.9 Å². The third kappa shape index (κ3) is 3.83. The zero-order valence-corrected chi connectivity index (χ0v) is 8.64. The maximum absolute atomic E-state index is 11.2. The Hall–Kier alpha value is -2.30. The van der Waals surface area contributed by atoms with Crippen LogP contribution in [-0.4, -0.2) is 24.1 Å². The minimum absolute atomic E-state index is 0.504. The van der Waals surface area contributed by atoms with Gasteiger partial charge in [0.05, 0.1) is 7.11 Å². The lowest BCUT2D eigenvalue weighted by atomic mass is 10.3. The number of rotatable bonds is 4. The second-order valence-corrected chi connectivity index (χ2v) is 2.89. The maximum atomic E-state index is 11.2. The lowest BCUT2D eigenvalue weighted by Gasteiger charge is -2.04. The number of carboxylic acids is 1. The van der Waals surface area contributed by atoms with Crippen LogP contribution in [0.3, 0.4) is 0 Å². The zero-order chi connectivity index (χ0) is 12.0. The third-order valence-corrected chi connectivity index (χ3v) is 1.71. The molecule has 0 aliphatic carbocycles. The second kappa shape index (κ2) is 5.55. The van der Waals surface area contributed by atoms with Crippen molar-refractivity contribution in [2.75, 3.05) is 12.4 Å². The molecule has 1 aromatic rings. The van der Waals surface area contributed by atoms with Gasteiger partial charge >= 0.3 is 5.97 Å². The van der Waals surface area contributed by atoms with Crippen molar-refractivity contribution in [1.29, 1.82) is 0 Å². The molecule has 0 radical (unpaired) electrons. The number of anilines is 1. The maximum Gasteiger partial charge on any atom is 0.328 e. The molecule has 84 valence electrons. The molecule has 16 heavy (non-hydrogen) atoms. The molecule has 0 heterocycles. The molecule has 0 saturated carbocycles. The molecule has 0 spiro atoms. The van der Waals surface area contributed by atoms with Crippen molar-refractivity contribution in [3.8, 4) is 5.75 Å². The molecule has 0 fully saturated rings. The molecule has 0 atom stereocenters. The van der Waals surface area contributed by atoms with Crippen molar-refractivity contribution >= 4 is 17.6 Å². The van der Waals surface area contributed by atoms with Crippen LogP contribution in [0, 0.1) is 0 Å². The Morgan fingerprint density at radius 3 is 2.75 bits per heavy atom. The molecule has 0 aliphatic heterocycles. The van der Waals surface area contributed by atoms with Gasteiger partial charge in [0, 0.05) is 23.9 Å². The van der Waals surface area contributed by atoms with Crippen LogP contribution in [0.1, 0.15) is 0 Å². The van der Waals surface area contributed by atoms with E-state index in [1.165, 1.54) is 7.11 Å². The summed E-state index contributed by atoms with van der Waals surface area (Å²) in [6, 6.07) is 6.76. The van der Waals surface area contributed by atoms with Crippen molar-refractivity contribution in [2.45, 2.75) is 0 Å². The first-order valence-corrected chi connectivity index (χ1v) is 4.48. The number of hydrogen-bond acceptors (Lipinski definition) is 3. The summed E-state index contributed by atoms with van der Waals surface area (Å²) in [6.45, 7) is 0. The van der Waals surface area contributed by atoms with Crippen LogP contribution in [0.25, 0.3) is 0 Å². The fourth-order valence-corrected chi connectivity index (χ4v) is 1.03. The largest absolute Gasteiger partial charge is 0.497 e. The Bertz CT molecular complexity index is 426. The first-order valence-electron chi connectivity index (χ1n) is 4.48. The topological polar surface area (TPSA) is 75.6 Å². The Morgan fingerprint density at radius 2 is 2.12 bits per heavy atom. The third-order valence-electron chi connectivity index (χ3n) is 1.71. The molecule has 0 bridgehead atoms. The smallest absolute Gasteiger partial charge is 0.328 e. The van der Waals surface area contributed by atoms with E-state index in [1.807, 2.05) is 0 Å². The van der Waals surface area contributed by atoms with Gasteiger partial charge in [-0.25, -0.2) is 4.79 Å². The summed E-state index contributed by atoms with van der Waals surface area (Å²) < 4.78 is 4.97. The highest BCUT2D eigenvalue weighted by Gasteiger charge is 1.99. The highest BCUT2D eigenvalue weighted by Crippen LogP contribution is 2.16. The SMILES string of the molecule is COc1cccc(NC(=O)/C=C/C(=O)O)c1. The van der Waals surface area contributed by atoms with Crippen LogP contribution in [0.5, 0.6) is 5.75 Å². The summed E-state index contributed by atoms with van der Waals surface area (Å²) in [5, 5.41) is 10.8. The van der Waals surface area contributed by atoms with E-state index in [4.69, 9.17) is 9.84 Å². The normalized spacial score (nSPS) is 10.1. The summed E-state index contributed by atoms with van der Waals surface area (Å²) in [6.07, 6.45) is 1.72. The molecule has 1 amide bonds. The molecular formula is C11H11NO4. The number of methoxy groups -OCH3 is 1. The molecule has 5 nitrogen and oxygen atoms in total. The lowest BCUT2D eigenvalue weighted by molar-refractivity contribution is -0.131. The summed E-state index contributed by atoms with van der Waals surface area (Å²) in [5.41, 5.74) is 0.541. The number of carbonyl (C=O) groups excluding carboxylic acids is 1. The van der Waals surface area contributed by atoms with Crippen LogP contribution in [-0.2, 0) is 9.59 Å². The Labute approximate surface area is 92.3 Å². The molecule has 0 saturated heterocycles. The van der Waals surface area contributed by atoms with Crippen molar-refractivity contribution in [3.05, 3.63) is 36.4 Å². The van der Waals surface area contributed by atoms with Gasteiger partial charge in [-0.1, -0.05) is 6.07 Å². The molecular weight excluding hydrogens is 210 g/mol. The number of nitrogens with one attached hydrogen (secondary N) is 1. The first-order chi connectivity index (χ1) is 7.61. The molecule has 0 aromatic heterocycles. The summed E-state index contributed by atoms with van der Waals surface area (Å²) in [4.78, 5) is 21.4. The Kier molecular flexibility index (Phi) is 4.08. The van der Waals surface area contributed by atoms with Gasteiger partial charge in [-0.3, -0.25) is 4.79 Å². The average Bonchev–Trinajstić information content (AvgIpc) is 2.26. The van der Waals surface area contributed by atoms with Gasteiger partial charge in [0.1, 0.15) is 5.75 Å². The Balaban J connectivity index is 2.65. The molecule has 0 unspecified atom stereocenters. The highest BCUT2D eigenvalue weighted by atomic mass is 16.5. The number of amides is 1. The van der Waals surface area contributed by atoms with E-state index >= 15 is 0 Å². The van der Waals surface area contributed by atoms with Crippen LogP contribution in [0.2, 0.25) is 0 Å². The van der Waals surface area contributed by atoms with Gasteiger partial charge < -0.3 is 15.2 Å². The van der Waals surface area contributed by atoms with Crippen molar-refractivity contribution in [3.63, 3.8) is 0 Å². The number of hydrogen-bond donors (Lipinski definition) is 2. The van der Waals surface area contributed by atoms with Gasteiger partial charge in [0.25, 0.3) is 0 Å². The summed E-state index contributed by atoms with van der Waals surface area (Å²) in [5.74, 6) is -1.06. The van der Waals surface area contributed by atoms with Crippen LogP contribution in [0.15, 0.2) is 36.4 Å². The van der Waals surface area contributed by atoms with E-state index in [0.29, 0.717) is 11.4 Å². The van der Waals surface area contributed by atoms with Crippen LogP contribution < -0.4 is 10.1 Å². The molecule has 0 aliphatic rings. The molecule has 1 rings (SSSR count). The minimum atomic E-state index is -1.17. The number of carboxylic acid groups (broad SMARTS) is 1. The number of aliphatic carboxylic acids is 1. The van der Waals surface area contributed by atoms with Crippen LogP contribution >= 0.6 is 0 Å². The van der Waals surface area contributed by atoms with Crippen molar-refractivity contribution in [2.24, 2.45) is 0 Å². The highest BCUT2D eigenvalue weighted by molar-refractivity contribution is 6.02. The predicted molar refractivity (Wildman–Crippen MR) is 58.4 cm³/mol. The number of benzene rings is 1. The van der Waals surface area contributed by atoms with Crippen molar-refractivity contribution in [1.82, 2.24) is 0 Å². The van der Waals surface area contributed by atoms with Crippen LogP contribution in [0.4, 0.5) is 5.69 Å². The monoisotopic (exact) mass is 221 g/mol. The van der Waals surface area contributed by atoms with E-state index in [2.05, 4.69) is 5.32 Å². The van der Waals surface area contributed by atoms with Gasteiger partial charge in [-0.05, 0) is 12.1 Å². The fraction of sp³-hybridized carbons (Fsp3) is 0.0909. The number of carbonyl (C=O) groups is 2. The van der Waals surface area contributed by atoms with Gasteiger partial charge in [-0.2, -0.15) is 0 Å². The van der Waals surface area contributed by atoms with Crippen molar-refractivity contribution < 1.29 is 19.4 Å². The fourth-order valence-electron chi connectivity index (χ4n) is 1.03. The molecule has 1 aromatic carbocycles. The summed E-state index contributed by atoms with van der Waals surface area (Å²) in [7, 11) is 1.52.